The van der Waals surface area contributed by atoms with E-state index in [0.29, 0.717) is 36.8 Å². The summed E-state index contributed by atoms with van der Waals surface area (Å²) in [7, 11) is -3.78. The number of para-hydroxylation sites is 1. The Kier molecular flexibility index (Phi) is 6.24. The number of hydrogen-bond donors (Lipinski definition) is 1. The minimum Gasteiger partial charge on any atom is -0.369 e. The zero-order chi connectivity index (χ0) is 22.0. The summed E-state index contributed by atoms with van der Waals surface area (Å²) >= 11 is 6.66. The fourth-order valence-electron chi connectivity index (χ4n) is 3.33. The normalized spacial score (nSPS) is 15.1. The first-order valence-electron chi connectivity index (χ1n) is 9.56. The SMILES string of the molecule is Cc1ccccc1N1CCN(S(=O)(=O)c2nnc(NC(=O)c3ccc(Cl)cc3)s2)CC1. The first-order chi connectivity index (χ1) is 14.8. The predicted octanol–water partition coefficient (Wildman–Crippen LogP) is 3.26. The first kappa shape index (κ1) is 21.7. The van der Waals surface area contributed by atoms with Crippen LogP contribution < -0.4 is 10.2 Å². The largest absolute Gasteiger partial charge is 0.369 e. The van der Waals surface area contributed by atoms with Gasteiger partial charge in [0.2, 0.25) is 9.47 Å². The molecule has 1 aliphatic heterocycles. The lowest BCUT2D eigenvalue weighted by Crippen LogP contribution is -2.48. The van der Waals surface area contributed by atoms with Crippen LogP contribution in [0.15, 0.2) is 52.9 Å². The monoisotopic (exact) mass is 477 g/mol. The van der Waals surface area contributed by atoms with Crippen LogP contribution in [0.3, 0.4) is 0 Å². The quantitative estimate of drug-likeness (QED) is 0.567. The molecule has 1 N–H and O–H groups in total. The Hall–Kier alpha value is -2.53. The third kappa shape index (κ3) is 4.72. The van der Waals surface area contributed by atoms with Gasteiger partial charge in [0.15, 0.2) is 0 Å². The van der Waals surface area contributed by atoms with Gasteiger partial charge in [-0.15, -0.1) is 10.2 Å². The van der Waals surface area contributed by atoms with E-state index in [9.17, 15) is 13.2 Å². The number of aromatic nitrogens is 2. The summed E-state index contributed by atoms with van der Waals surface area (Å²) in [6.45, 7) is 3.91. The van der Waals surface area contributed by atoms with Gasteiger partial charge in [-0.25, -0.2) is 8.42 Å². The maximum atomic E-state index is 13.0. The maximum absolute atomic E-state index is 13.0. The number of sulfonamides is 1. The van der Waals surface area contributed by atoms with Crippen molar-refractivity contribution in [3.8, 4) is 0 Å². The van der Waals surface area contributed by atoms with E-state index in [2.05, 4.69) is 20.4 Å². The number of nitrogens with zero attached hydrogens (tertiary/aromatic N) is 4. The van der Waals surface area contributed by atoms with Crippen molar-refractivity contribution in [3.63, 3.8) is 0 Å². The molecule has 0 bridgehead atoms. The van der Waals surface area contributed by atoms with Gasteiger partial charge in [0, 0.05) is 42.5 Å². The molecule has 0 radical (unpaired) electrons. The summed E-state index contributed by atoms with van der Waals surface area (Å²) in [6, 6.07) is 14.4. The van der Waals surface area contributed by atoms with Crippen LogP contribution in [0.1, 0.15) is 15.9 Å². The van der Waals surface area contributed by atoms with E-state index in [1.165, 1.54) is 4.31 Å². The molecule has 1 amide bonds. The number of anilines is 2. The van der Waals surface area contributed by atoms with Gasteiger partial charge in [-0.1, -0.05) is 41.1 Å². The van der Waals surface area contributed by atoms with Crippen molar-refractivity contribution in [2.75, 3.05) is 36.4 Å². The van der Waals surface area contributed by atoms with Gasteiger partial charge >= 0.3 is 0 Å². The lowest BCUT2D eigenvalue weighted by molar-refractivity contribution is 0.102. The maximum Gasteiger partial charge on any atom is 0.272 e. The van der Waals surface area contributed by atoms with Crippen molar-refractivity contribution in [2.24, 2.45) is 0 Å². The van der Waals surface area contributed by atoms with Crippen LogP contribution in [-0.4, -0.2) is 55.0 Å². The van der Waals surface area contributed by atoms with Gasteiger partial charge in [0.05, 0.1) is 0 Å². The molecule has 1 aromatic heterocycles. The van der Waals surface area contributed by atoms with Crippen molar-refractivity contribution in [2.45, 2.75) is 11.3 Å². The number of hydrogen-bond acceptors (Lipinski definition) is 7. The molecule has 1 fully saturated rings. The Balaban J connectivity index is 1.42. The highest BCUT2D eigenvalue weighted by molar-refractivity contribution is 7.91. The summed E-state index contributed by atoms with van der Waals surface area (Å²) < 4.78 is 27.3. The predicted molar refractivity (Wildman–Crippen MR) is 121 cm³/mol. The standard InChI is InChI=1S/C20H20ClN5O3S2/c1-14-4-2-3-5-17(14)25-10-12-26(13-11-25)31(28,29)20-24-23-19(30-20)22-18(27)15-6-8-16(21)9-7-15/h2-9H,10-13H2,1H3,(H,22,23,27). The summed E-state index contributed by atoms with van der Waals surface area (Å²) in [5.41, 5.74) is 2.66. The molecular weight excluding hydrogens is 458 g/mol. The summed E-state index contributed by atoms with van der Waals surface area (Å²) in [5.74, 6) is -0.413. The molecule has 0 spiro atoms. The molecule has 1 saturated heterocycles. The fourth-order valence-corrected chi connectivity index (χ4v) is 5.91. The molecule has 8 nitrogen and oxygen atoms in total. The van der Waals surface area contributed by atoms with Crippen LogP contribution in [0.4, 0.5) is 10.8 Å². The van der Waals surface area contributed by atoms with E-state index in [0.717, 1.165) is 22.6 Å². The Bertz CT molecular complexity index is 1190. The average molecular weight is 478 g/mol. The fraction of sp³-hybridized carbons (Fsp3) is 0.250. The molecule has 0 saturated carbocycles. The number of piperazine rings is 1. The molecule has 0 aliphatic carbocycles. The summed E-state index contributed by atoms with van der Waals surface area (Å²) in [5, 5.41) is 10.9. The highest BCUT2D eigenvalue weighted by atomic mass is 35.5. The molecule has 31 heavy (non-hydrogen) atoms. The number of aryl methyl sites for hydroxylation is 1. The second kappa shape index (κ2) is 8.91. The number of amides is 1. The van der Waals surface area contributed by atoms with Gasteiger partial charge in [-0.2, -0.15) is 4.31 Å². The molecule has 0 unspecified atom stereocenters. The Morgan fingerprint density at radius 2 is 1.71 bits per heavy atom. The lowest BCUT2D eigenvalue weighted by Gasteiger charge is -2.35. The van der Waals surface area contributed by atoms with Crippen molar-refractivity contribution < 1.29 is 13.2 Å². The van der Waals surface area contributed by atoms with Gasteiger partial charge in [-0.3, -0.25) is 10.1 Å². The summed E-state index contributed by atoms with van der Waals surface area (Å²) in [4.78, 5) is 14.5. The number of carbonyl (C=O) groups is 1. The van der Waals surface area contributed by atoms with Gasteiger partial charge in [0.1, 0.15) is 0 Å². The van der Waals surface area contributed by atoms with Crippen LogP contribution in [0.25, 0.3) is 0 Å². The van der Waals surface area contributed by atoms with Crippen LogP contribution >= 0.6 is 22.9 Å². The second-order valence-electron chi connectivity index (χ2n) is 7.01. The number of nitrogens with one attached hydrogen (secondary N) is 1. The Labute approximate surface area is 189 Å². The average Bonchev–Trinajstić information content (AvgIpc) is 3.24. The van der Waals surface area contributed by atoms with Crippen molar-refractivity contribution in [3.05, 3.63) is 64.7 Å². The van der Waals surface area contributed by atoms with Crippen LogP contribution in [-0.2, 0) is 10.0 Å². The topological polar surface area (TPSA) is 95.5 Å². The molecule has 2 heterocycles. The first-order valence-corrected chi connectivity index (χ1v) is 12.2. The Morgan fingerprint density at radius 3 is 2.39 bits per heavy atom. The van der Waals surface area contributed by atoms with Crippen LogP contribution in [0, 0.1) is 6.92 Å². The van der Waals surface area contributed by atoms with Crippen molar-refractivity contribution in [1.82, 2.24) is 14.5 Å². The van der Waals surface area contributed by atoms with E-state index in [-0.39, 0.29) is 9.47 Å². The second-order valence-corrected chi connectivity index (χ2v) is 10.5. The molecule has 3 aromatic rings. The van der Waals surface area contributed by atoms with E-state index in [1.807, 2.05) is 31.2 Å². The molecule has 4 rings (SSSR count). The van der Waals surface area contributed by atoms with Crippen LogP contribution in [0.5, 0.6) is 0 Å². The van der Waals surface area contributed by atoms with Gasteiger partial charge in [-0.05, 0) is 42.8 Å². The van der Waals surface area contributed by atoms with E-state index >= 15 is 0 Å². The number of halogens is 1. The molecule has 2 aromatic carbocycles. The lowest BCUT2D eigenvalue weighted by atomic mass is 10.1. The zero-order valence-corrected chi connectivity index (χ0v) is 19.0. The van der Waals surface area contributed by atoms with E-state index in [4.69, 9.17) is 11.6 Å². The zero-order valence-electron chi connectivity index (χ0n) is 16.7. The van der Waals surface area contributed by atoms with Crippen molar-refractivity contribution >= 4 is 49.7 Å². The van der Waals surface area contributed by atoms with Crippen LogP contribution in [0.2, 0.25) is 5.02 Å². The number of carbonyl (C=O) groups excluding carboxylic acids is 1. The highest BCUT2D eigenvalue weighted by Gasteiger charge is 2.32. The summed E-state index contributed by atoms with van der Waals surface area (Å²) in [6.07, 6.45) is 0. The molecule has 11 heteroatoms. The van der Waals surface area contributed by atoms with E-state index in [1.54, 1.807) is 24.3 Å². The molecule has 162 valence electrons. The minimum absolute atomic E-state index is 0.122. The van der Waals surface area contributed by atoms with E-state index < -0.39 is 15.9 Å². The molecular formula is C20H20ClN5O3S2. The molecule has 1 aliphatic rings. The Morgan fingerprint density at radius 1 is 1.03 bits per heavy atom. The van der Waals surface area contributed by atoms with Crippen molar-refractivity contribution in [1.29, 1.82) is 0 Å². The number of rotatable bonds is 5. The molecule has 0 atom stereocenters. The third-order valence-electron chi connectivity index (χ3n) is 4.99. The van der Waals surface area contributed by atoms with Gasteiger partial charge < -0.3 is 4.90 Å². The van der Waals surface area contributed by atoms with Gasteiger partial charge in [0.25, 0.3) is 15.9 Å². The minimum atomic E-state index is -3.78. The highest BCUT2D eigenvalue weighted by Crippen LogP contribution is 2.26. The number of benzene rings is 2. The third-order valence-corrected chi connectivity index (χ3v) is 8.32. The smallest absolute Gasteiger partial charge is 0.272 e.